The fourth-order valence-corrected chi connectivity index (χ4v) is 2.22. The minimum atomic E-state index is 0.744. The lowest BCUT2D eigenvalue weighted by molar-refractivity contribution is 0.264. The van der Waals surface area contributed by atoms with Crippen molar-refractivity contribution in [3.63, 3.8) is 0 Å². The molecular formula is C13H20N2. The second-order valence-corrected chi connectivity index (χ2v) is 4.63. The number of hydrogen-bond acceptors (Lipinski definition) is 2. The van der Waals surface area contributed by atoms with Crippen molar-refractivity contribution in [2.75, 3.05) is 27.2 Å². The van der Waals surface area contributed by atoms with E-state index in [9.17, 15) is 0 Å². The summed E-state index contributed by atoms with van der Waals surface area (Å²) in [4.78, 5) is 4.88. The Bertz CT molecular complexity index is 295. The van der Waals surface area contributed by atoms with Crippen LogP contribution in [0.5, 0.6) is 0 Å². The van der Waals surface area contributed by atoms with Gasteiger partial charge >= 0.3 is 0 Å². The summed E-state index contributed by atoms with van der Waals surface area (Å²) in [6.07, 6.45) is 1.31. The Morgan fingerprint density at radius 2 is 2.00 bits per heavy atom. The summed E-state index contributed by atoms with van der Waals surface area (Å²) in [6, 6.07) is 11.5. The molecule has 2 nitrogen and oxygen atoms in total. The molecule has 0 radical (unpaired) electrons. The molecule has 82 valence electrons. The second-order valence-electron chi connectivity index (χ2n) is 4.63. The Labute approximate surface area is 92.5 Å². The molecule has 1 aliphatic heterocycles. The van der Waals surface area contributed by atoms with Crippen LogP contribution in [0.2, 0.25) is 0 Å². The molecule has 0 bridgehead atoms. The Morgan fingerprint density at radius 1 is 1.27 bits per heavy atom. The lowest BCUT2D eigenvalue weighted by Gasteiger charge is -2.20. The van der Waals surface area contributed by atoms with Crippen molar-refractivity contribution in [3.05, 3.63) is 35.9 Å². The van der Waals surface area contributed by atoms with Gasteiger partial charge in [0.2, 0.25) is 0 Å². The van der Waals surface area contributed by atoms with E-state index in [2.05, 4.69) is 54.2 Å². The van der Waals surface area contributed by atoms with E-state index in [0.29, 0.717) is 0 Å². The van der Waals surface area contributed by atoms with Gasteiger partial charge in [-0.1, -0.05) is 30.3 Å². The highest BCUT2D eigenvalue weighted by atomic mass is 15.2. The first-order valence-electron chi connectivity index (χ1n) is 5.68. The molecule has 0 saturated carbocycles. The van der Waals surface area contributed by atoms with Crippen molar-refractivity contribution in [2.45, 2.75) is 19.0 Å². The third kappa shape index (κ3) is 2.80. The summed E-state index contributed by atoms with van der Waals surface area (Å²) in [7, 11) is 4.35. The summed E-state index contributed by atoms with van der Waals surface area (Å²) >= 11 is 0. The summed E-state index contributed by atoms with van der Waals surface area (Å²) in [5.41, 5.74) is 1.43. The number of likely N-dealkylation sites (N-methyl/N-ethyl adjacent to an activating group) is 1. The van der Waals surface area contributed by atoms with Crippen LogP contribution >= 0.6 is 0 Å². The van der Waals surface area contributed by atoms with E-state index in [-0.39, 0.29) is 0 Å². The summed E-state index contributed by atoms with van der Waals surface area (Å²) in [6.45, 7) is 3.55. The van der Waals surface area contributed by atoms with Gasteiger partial charge in [-0.15, -0.1) is 0 Å². The van der Waals surface area contributed by atoms with Gasteiger partial charge in [0.15, 0.2) is 0 Å². The predicted molar refractivity (Wildman–Crippen MR) is 63.8 cm³/mol. The van der Waals surface area contributed by atoms with Crippen LogP contribution in [0, 0.1) is 0 Å². The molecule has 2 heteroatoms. The first-order valence-corrected chi connectivity index (χ1v) is 5.68. The monoisotopic (exact) mass is 204 g/mol. The maximum absolute atomic E-state index is 2.54. The molecule has 0 aliphatic carbocycles. The Balaban J connectivity index is 1.88. The third-order valence-electron chi connectivity index (χ3n) is 3.23. The average Bonchev–Trinajstić information content (AvgIpc) is 2.68. The topological polar surface area (TPSA) is 6.48 Å². The molecule has 0 aromatic heterocycles. The van der Waals surface area contributed by atoms with Crippen LogP contribution in [-0.4, -0.2) is 43.0 Å². The van der Waals surface area contributed by atoms with E-state index in [1.807, 2.05) is 0 Å². The summed E-state index contributed by atoms with van der Waals surface area (Å²) < 4.78 is 0. The number of hydrogen-bond donors (Lipinski definition) is 0. The standard InChI is InChI=1S/C13H20N2/c1-14(2)13-8-9-15(11-13)10-12-6-4-3-5-7-12/h3-7,13H,8-11H2,1-2H3/t13-/m1/s1. The summed E-state index contributed by atoms with van der Waals surface area (Å²) in [5, 5.41) is 0. The molecule has 0 amide bonds. The van der Waals surface area contributed by atoms with Gasteiger partial charge in [-0.3, -0.25) is 4.90 Å². The third-order valence-corrected chi connectivity index (χ3v) is 3.23. The molecule has 1 saturated heterocycles. The first-order chi connectivity index (χ1) is 7.25. The lowest BCUT2D eigenvalue weighted by atomic mass is 10.2. The van der Waals surface area contributed by atoms with Gasteiger partial charge in [0.1, 0.15) is 0 Å². The van der Waals surface area contributed by atoms with Crippen LogP contribution in [0.1, 0.15) is 12.0 Å². The van der Waals surface area contributed by atoms with E-state index in [1.54, 1.807) is 0 Å². The van der Waals surface area contributed by atoms with Gasteiger partial charge in [0.05, 0.1) is 0 Å². The van der Waals surface area contributed by atoms with Crippen LogP contribution in [-0.2, 0) is 6.54 Å². The minimum absolute atomic E-state index is 0.744. The van der Waals surface area contributed by atoms with Gasteiger partial charge < -0.3 is 4.90 Å². The Morgan fingerprint density at radius 3 is 2.60 bits per heavy atom. The van der Waals surface area contributed by atoms with E-state index in [0.717, 1.165) is 12.6 Å². The predicted octanol–water partition coefficient (Wildman–Crippen LogP) is 1.82. The maximum atomic E-state index is 2.54. The highest BCUT2D eigenvalue weighted by Gasteiger charge is 2.23. The van der Waals surface area contributed by atoms with Crippen molar-refractivity contribution in [2.24, 2.45) is 0 Å². The molecule has 1 aromatic carbocycles. The van der Waals surface area contributed by atoms with Crippen LogP contribution in [0.4, 0.5) is 0 Å². The van der Waals surface area contributed by atoms with Crippen LogP contribution in [0.25, 0.3) is 0 Å². The van der Waals surface area contributed by atoms with E-state index in [1.165, 1.54) is 25.1 Å². The fraction of sp³-hybridized carbons (Fsp3) is 0.538. The second kappa shape index (κ2) is 4.77. The zero-order chi connectivity index (χ0) is 10.7. The molecule has 1 aliphatic rings. The Kier molecular flexibility index (Phi) is 3.39. The number of nitrogens with zero attached hydrogens (tertiary/aromatic N) is 2. The molecule has 2 rings (SSSR count). The van der Waals surface area contributed by atoms with Crippen molar-refractivity contribution >= 4 is 0 Å². The normalized spacial score (nSPS) is 22.5. The maximum Gasteiger partial charge on any atom is 0.0234 e. The molecule has 1 heterocycles. The van der Waals surface area contributed by atoms with E-state index >= 15 is 0 Å². The highest BCUT2D eigenvalue weighted by Crippen LogP contribution is 2.15. The molecule has 0 N–H and O–H groups in total. The van der Waals surface area contributed by atoms with Gasteiger partial charge in [-0.25, -0.2) is 0 Å². The molecular weight excluding hydrogens is 184 g/mol. The van der Waals surface area contributed by atoms with Crippen molar-refractivity contribution in [3.8, 4) is 0 Å². The zero-order valence-electron chi connectivity index (χ0n) is 9.69. The average molecular weight is 204 g/mol. The lowest BCUT2D eigenvalue weighted by Crippen LogP contribution is -2.31. The van der Waals surface area contributed by atoms with Crippen LogP contribution < -0.4 is 0 Å². The minimum Gasteiger partial charge on any atom is -0.305 e. The fourth-order valence-electron chi connectivity index (χ4n) is 2.22. The van der Waals surface area contributed by atoms with E-state index in [4.69, 9.17) is 0 Å². The first kappa shape index (κ1) is 10.7. The van der Waals surface area contributed by atoms with Crippen molar-refractivity contribution in [1.29, 1.82) is 0 Å². The molecule has 1 aromatic rings. The van der Waals surface area contributed by atoms with Gasteiger partial charge in [-0.05, 0) is 26.1 Å². The summed E-state index contributed by atoms with van der Waals surface area (Å²) in [5.74, 6) is 0. The molecule has 1 atom stereocenters. The number of rotatable bonds is 3. The van der Waals surface area contributed by atoms with Gasteiger partial charge in [-0.2, -0.15) is 0 Å². The van der Waals surface area contributed by atoms with Crippen LogP contribution in [0.15, 0.2) is 30.3 Å². The molecule has 0 spiro atoms. The number of benzene rings is 1. The van der Waals surface area contributed by atoms with E-state index < -0.39 is 0 Å². The van der Waals surface area contributed by atoms with Gasteiger partial charge in [0.25, 0.3) is 0 Å². The van der Waals surface area contributed by atoms with Crippen molar-refractivity contribution < 1.29 is 0 Å². The largest absolute Gasteiger partial charge is 0.305 e. The highest BCUT2D eigenvalue weighted by molar-refractivity contribution is 5.14. The van der Waals surface area contributed by atoms with Crippen LogP contribution in [0.3, 0.4) is 0 Å². The Hall–Kier alpha value is -0.860. The number of likely N-dealkylation sites (tertiary alicyclic amines) is 1. The molecule has 1 fully saturated rings. The van der Waals surface area contributed by atoms with Gasteiger partial charge in [0, 0.05) is 25.7 Å². The zero-order valence-corrected chi connectivity index (χ0v) is 9.69. The van der Waals surface area contributed by atoms with Crippen molar-refractivity contribution in [1.82, 2.24) is 9.80 Å². The smallest absolute Gasteiger partial charge is 0.0234 e. The molecule has 0 unspecified atom stereocenters. The quantitative estimate of drug-likeness (QED) is 0.741. The SMILES string of the molecule is CN(C)[C@@H]1CCN(Cc2ccccc2)C1. The molecule has 15 heavy (non-hydrogen) atoms.